The van der Waals surface area contributed by atoms with E-state index in [4.69, 9.17) is 4.74 Å². The minimum absolute atomic E-state index is 0.00872. The maximum absolute atomic E-state index is 12.5. The topological polar surface area (TPSA) is 95.9 Å². The number of aliphatic hydroxyl groups is 2. The van der Waals surface area contributed by atoms with Gasteiger partial charge in [-0.3, -0.25) is 9.59 Å². The lowest BCUT2D eigenvalue weighted by molar-refractivity contribution is -0.143. The predicted molar refractivity (Wildman–Crippen MR) is 310 cm³/mol. The number of amides is 1. The number of carbonyl (C=O) groups is 2. The second-order valence-corrected chi connectivity index (χ2v) is 22.5. The number of ether oxygens (including phenoxy) is 1. The molecule has 422 valence electrons. The lowest BCUT2D eigenvalue weighted by Crippen LogP contribution is -2.45. The van der Waals surface area contributed by atoms with Crippen LogP contribution in [0.4, 0.5) is 0 Å². The van der Waals surface area contributed by atoms with Crippen LogP contribution in [0.2, 0.25) is 0 Å². The second kappa shape index (κ2) is 61.1. The number of allylic oxidation sites excluding steroid dienone is 2. The smallest absolute Gasteiger partial charge is 0.305 e. The Balaban J connectivity index is 3.37. The Bertz CT molecular complexity index is 1060. The van der Waals surface area contributed by atoms with Gasteiger partial charge in [0, 0.05) is 12.8 Å². The average Bonchev–Trinajstić information content (AvgIpc) is 3.37. The van der Waals surface area contributed by atoms with Crippen LogP contribution in [0.25, 0.3) is 0 Å². The molecule has 71 heavy (non-hydrogen) atoms. The normalized spacial score (nSPS) is 12.6. The van der Waals surface area contributed by atoms with Crippen LogP contribution in [0.1, 0.15) is 367 Å². The van der Waals surface area contributed by atoms with Gasteiger partial charge >= 0.3 is 5.97 Å². The zero-order chi connectivity index (χ0) is 51.4. The van der Waals surface area contributed by atoms with Gasteiger partial charge in [-0.05, 0) is 51.4 Å². The van der Waals surface area contributed by atoms with Gasteiger partial charge < -0.3 is 20.3 Å². The highest BCUT2D eigenvalue weighted by Crippen LogP contribution is 2.18. The Kier molecular flexibility index (Phi) is 59.9. The van der Waals surface area contributed by atoms with Gasteiger partial charge in [0.05, 0.1) is 25.4 Å². The van der Waals surface area contributed by atoms with Crippen LogP contribution in [0.5, 0.6) is 0 Å². The second-order valence-electron chi connectivity index (χ2n) is 22.5. The van der Waals surface area contributed by atoms with Crippen LogP contribution in [0, 0.1) is 0 Å². The van der Waals surface area contributed by atoms with Gasteiger partial charge in [0.2, 0.25) is 5.91 Å². The number of rotatable bonds is 61. The zero-order valence-electron chi connectivity index (χ0n) is 48.2. The van der Waals surface area contributed by atoms with Crippen LogP contribution in [-0.2, 0) is 14.3 Å². The van der Waals surface area contributed by atoms with Crippen molar-refractivity contribution >= 4 is 11.9 Å². The van der Waals surface area contributed by atoms with Crippen molar-refractivity contribution in [2.24, 2.45) is 0 Å². The highest BCUT2D eigenvalue weighted by molar-refractivity contribution is 5.76. The number of esters is 1. The minimum atomic E-state index is -0.665. The average molecular weight is 1000 g/mol. The van der Waals surface area contributed by atoms with E-state index in [0.29, 0.717) is 25.9 Å². The van der Waals surface area contributed by atoms with Gasteiger partial charge in [-0.15, -0.1) is 0 Å². The number of carbonyl (C=O) groups excluding carboxylic acids is 2. The molecule has 0 saturated carbocycles. The molecule has 2 atom stereocenters. The highest BCUT2D eigenvalue weighted by atomic mass is 16.5. The Labute approximate surface area is 444 Å². The molecule has 0 aliphatic rings. The lowest BCUT2D eigenvalue weighted by atomic mass is 10.0. The molecule has 0 aromatic rings. The van der Waals surface area contributed by atoms with Crippen molar-refractivity contribution in [1.29, 1.82) is 0 Å². The molecule has 0 heterocycles. The first-order valence-corrected chi connectivity index (χ1v) is 32.4. The van der Waals surface area contributed by atoms with Crippen molar-refractivity contribution < 1.29 is 24.5 Å². The molecule has 0 spiro atoms. The molecule has 6 heteroatoms. The number of unbranched alkanes of at least 4 members (excludes halogenated alkanes) is 48. The molecule has 0 aliphatic heterocycles. The molecule has 0 saturated heterocycles. The third-order valence-corrected chi connectivity index (χ3v) is 15.3. The monoisotopic (exact) mass is 1000 g/mol. The number of hydrogen-bond donors (Lipinski definition) is 3. The van der Waals surface area contributed by atoms with Crippen molar-refractivity contribution in [3.63, 3.8) is 0 Å². The first-order chi connectivity index (χ1) is 35.0. The summed E-state index contributed by atoms with van der Waals surface area (Å²) in [4.78, 5) is 24.6. The van der Waals surface area contributed by atoms with E-state index < -0.39 is 12.1 Å². The third kappa shape index (κ3) is 57.7. The van der Waals surface area contributed by atoms with Crippen LogP contribution < -0.4 is 5.32 Å². The van der Waals surface area contributed by atoms with Crippen LogP contribution in [0.15, 0.2) is 12.2 Å². The van der Waals surface area contributed by atoms with E-state index in [9.17, 15) is 19.8 Å². The summed E-state index contributed by atoms with van der Waals surface area (Å²) in [5, 5.41) is 23.3. The van der Waals surface area contributed by atoms with Crippen LogP contribution in [0.3, 0.4) is 0 Å². The summed E-state index contributed by atoms with van der Waals surface area (Å²) in [6.45, 7) is 4.98. The summed E-state index contributed by atoms with van der Waals surface area (Å²) in [6, 6.07) is -0.542. The fraction of sp³-hybridized carbons (Fsp3) is 0.938. The molecule has 0 aromatic carbocycles. The van der Waals surface area contributed by atoms with Gasteiger partial charge in [0.1, 0.15) is 0 Å². The van der Waals surface area contributed by atoms with E-state index in [0.717, 1.165) is 44.9 Å². The van der Waals surface area contributed by atoms with Gasteiger partial charge in [0.25, 0.3) is 0 Å². The summed E-state index contributed by atoms with van der Waals surface area (Å²) in [6.07, 6.45) is 73.7. The molecule has 0 radical (unpaired) electrons. The van der Waals surface area contributed by atoms with Crippen LogP contribution in [-0.4, -0.2) is 47.4 Å². The quantitative estimate of drug-likeness (QED) is 0.0320. The molecule has 1 amide bonds. The molecule has 0 rings (SSSR count). The fourth-order valence-electron chi connectivity index (χ4n) is 10.3. The largest absolute Gasteiger partial charge is 0.466 e. The molecule has 3 N–H and O–H groups in total. The Morgan fingerprint density at radius 2 is 0.662 bits per heavy atom. The molecule has 0 fully saturated rings. The van der Waals surface area contributed by atoms with Crippen LogP contribution >= 0.6 is 0 Å². The van der Waals surface area contributed by atoms with Gasteiger partial charge in [-0.2, -0.15) is 0 Å². The van der Waals surface area contributed by atoms with E-state index in [-0.39, 0.29) is 18.5 Å². The molecular weight excluding hydrogens is 875 g/mol. The highest BCUT2D eigenvalue weighted by Gasteiger charge is 2.20. The van der Waals surface area contributed by atoms with E-state index in [2.05, 4.69) is 31.3 Å². The van der Waals surface area contributed by atoms with Crippen molar-refractivity contribution in [3.05, 3.63) is 12.2 Å². The summed E-state index contributed by atoms with van der Waals surface area (Å²) >= 11 is 0. The zero-order valence-corrected chi connectivity index (χ0v) is 48.2. The molecule has 0 aliphatic carbocycles. The maximum atomic E-state index is 12.5. The Morgan fingerprint density at radius 3 is 1.00 bits per heavy atom. The van der Waals surface area contributed by atoms with E-state index in [1.54, 1.807) is 0 Å². The summed E-state index contributed by atoms with van der Waals surface area (Å²) in [5.41, 5.74) is 0. The SMILES string of the molecule is CCCCCCCCC/C=C\CCCCCCCCCC(=O)OCCCCCCCCCCCCCCCCCCCCCCC(=O)NC(CO)C(O)CCCCCCCCCCCCCCCCCC. The van der Waals surface area contributed by atoms with Crippen molar-refractivity contribution in [1.82, 2.24) is 5.32 Å². The van der Waals surface area contributed by atoms with Gasteiger partial charge in [-0.1, -0.05) is 315 Å². The van der Waals surface area contributed by atoms with Gasteiger partial charge in [0.15, 0.2) is 0 Å². The fourth-order valence-corrected chi connectivity index (χ4v) is 10.3. The molecule has 6 nitrogen and oxygen atoms in total. The molecule has 0 bridgehead atoms. The lowest BCUT2D eigenvalue weighted by Gasteiger charge is -2.22. The van der Waals surface area contributed by atoms with Crippen molar-refractivity contribution in [3.8, 4) is 0 Å². The van der Waals surface area contributed by atoms with E-state index in [1.165, 1.54) is 289 Å². The first-order valence-electron chi connectivity index (χ1n) is 32.4. The number of aliphatic hydroxyl groups excluding tert-OH is 2. The standard InChI is InChI=1S/C65H127NO5/c1-3-5-7-9-11-13-15-17-19-21-27-31-35-39-43-47-51-55-59-65(70)71-60-56-52-48-44-40-36-32-28-25-23-22-24-26-30-34-38-42-46-50-54-58-64(69)66-62(61-67)63(68)57-53-49-45-41-37-33-29-20-18-16-14-12-10-8-6-4-2/h19,21,62-63,67-68H,3-18,20,22-61H2,1-2H3,(H,66,69)/b21-19-. The molecule has 0 aromatic heterocycles. The maximum Gasteiger partial charge on any atom is 0.305 e. The number of hydrogen-bond acceptors (Lipinski definition) is 5. The minimum Gasteiger partial charge on any atom is -0.466 e. The Morgan fingerprint density at radius 1 is 0.380 bits per heavy atom. The van der Waals surface area contributed by atoms with Gasteiger partial charge in [-0.25, -0.2) is 0 Å². The summed E-state index contributed by atoms with van der Waals surface area (Å²) < 4.78 is 5.50. The Hall–Kier alpha value is -1.40. The van der Waals surface area contributed by atoms with Crippen molar-refractivity contribution in [2.45, 2.75) is 379 Å². The predicted octanol–water partition coefficient (Wildman–Crippen LogP) is 20.4. The van der Waals surface area contributed by atoms with Crippen molar-refractivity contribution in [2.75, 3.05) is 13.2 Å². The summed E-state index contributed by atoms with van der Waals surface area (Å²) in [5.74, 6) is -0.0251. The molecular formula is C65H127NO5. The van der Waals surface area contributed by atoms with E-state index in [1.807, 2.05) is 0 Å². The third-order valence-electron chi connectivity index (χ3n) is 15.3. The van der Waals surface area contributed by atoms with E-state index >= 15 is 0 Å². The summed E-state index contributed by atoms with van der Waals surface area (Å²) in [7, 11) is 0. The first kappa shape index (κ1) is 69.6. The molecule has 2 unspecified atom stereocenters. The number of nitrogens with one attached hydrogen (secondary N) is 1.